The molecular weight excluding hydrogens is 301 g/mol. The van der Waals surface area contributed by atoms with Gasteiger partial charge >= 0.3 is 13.8 Å². The molecule has 0 saturated carbocycles. The molecule has 126 valence electrons. The van der Waals surface area contributed by atoms with Crippen LogP contribution in [-0.2, 0) is 23.1 Å². The van der Waals surface area contributed by atoms with Gasteiger partial charge < -0.3 is 20.5 Å². The molecule has 0 aliphatic carbocycles. The van der Waals surface area contributed by atoms with Gasteiger partial charge in [-0.05, 0) is 6.42 Å². The van der Waals surface area contributed by atoms with Crippen molar-refractivity contribution >= 4 is 13.8 Å². The van der Waals surface area contributed by atoms with Crippen LogP contribution >= 0.6 is 7.82 Å². The van der Waals surface area contributed by atoms with Crippen LogP contribution in [0.3, 0.4) is 0 Å². The van der Waals surface area contributed by atoms with Gasteiger partial charge in [-0.15, -0.1) is 0 Å². The lowest BCUT2D eigenvalue weighted by atomic mass is 10.2. The zero-order valence-corrected chi connectivity index (χ0v) is 13.3. The Hall–Kier alpha value is -0.500. The molecule has 2 unspecified atom stereocenters. The van der Waals surface area contributed by atoms with E-state index < -0.39 is 26.5 Å². The van der Waals surface area contributed by atoms with Crippen LogP contribution in [0.25, 0.3) is 0 Å². The van der Waals surface area contributed by atoms with E-state index in [0.29, 0.717) is 6.42 Å². The van der Waals surface area contributed by atoms with Crippen molar-refractivity contribution in [2.75, 3.05) is 26.4 Å². The van der Waals surface area contributed by atoms with Gasteiger partial charge in [0.25, 0.3) is 0 Å². The standard InChI is InChI=1S/C12H26NO7P/c1-2-3-4-5-6-12(15)18-9-11(14)10-20-21(16,17)19-8-7-13/h11,14H,2-10,13H2,1H3,(H,16,17). The molecule has 0 fully saturated rings. The molecule has 0 amide bonds. The summed E-state index contributed by atoms with van der Waals surface area (Å²) in [7, 11) is -4.22. The molecule has 4 N–H and O–H groups in total. The molecule has 0 saturated heterocycles. The molecule has 0 radical (unpaired) electrons. The number of ether oxygens (including phenoxy) is 1. The normalized spacial score (nSPS) is 15.4. The minimum Gasteiger partial charge on any atom is -0.463 e. The highest BCUT2D eigenvalue weighted by Crippen LogP contribution is 2.42. The lowest BCUT2D eigenvalue weighted by Crippen LogP contribution is -2.23. The van der Waals surface area contributed by atoms with E-state index in [1.54, 1.807) is 0 Å². The quantitative estimate of drug-likeness (QED) is 0.259. The van der Waals surface area contributed by atoms with Crippen molar-refractivity contribution in [2.24, 2.45) is 5.73 Å². The van der Waals surface area contributed by atoms with E-state index >= 15 is 0 Å². The summed E-state index contributed by atoms with van der Waals surface area (Å²) in [5, 5.41) is 9.48. The van der Waals surface area contributed by atoms with Crippen molar-refractivity contribution in [1.29, 1.82) is 0 Å². The van der Waals surface area contributed by atoms with Gasteiger partial charge in [-0.3, -0.25) is 13.8 Å². The van der Waals surface area contributed by atoms with E-state index in [1.807, 2.05) is 0 Å². The molecule has 0 aromatic rings. The lowest BCUT2D eigenvalue weighted by molar-refractivity contribution is -0.147. The third-order valence-electron chi connectivity index (χ3n) is 2.47. The topological polar surface area (TPSA) is 128 Å². The highest BCUT2D eigenvalue weighted by atomic mass is 31.2. The van der Waals surface area contributed by atoms with E-state index in [0.717, 1.165) is 25.7 Å². The Morgan fingerprint density at radius 2 is 1.95 bits per heavy atom. The Balaban J connectivity index is 3.72. The molecule has 0 heterocycles. The van der Waals surface area contributed by atoms with E-state index in [9.17, 15) is 19.4 Å². The molecule has 0 aliphatic heterocycles. The number of hydrogen-bond acceptors (Lipinski definition) is 7. The predicted octanol–water partition coefficient (Wildman–Crippen LogP) is 0.953. The molecular formula is C12H26NO7P. The molecule has 0 spiro atoms. The second kappa shape index (κ2) is 12.1. The zero-order chi connectivity index (χ0) is 16.1. The summed E-state index contributed by atoms with van der Waals surface area (Å²) < 4.78 is 25.1. The fourth-order valence-electron chi connectivity index (χ4n) is 1.39. The van der Waals surface area contributed by atoms with Crippen LogP contribution < -0.4 is 5.73 Å². The number of esters is 1. The Labute approximate surface area is 125 Å². The van der Waals surface area contributed by atoms with Gasteiger partial charge in [0, 0.05) is 13.0 Å². The summed E-state index contributed by atoms with van der Waals surface area (Å²) >= 11 is 0. The fraction of sp³-hybridized carbons (Fsp3) is 0.917. The number of nitrogens with two attached hydrogens (primary N) is 1. The monoisotopic (exact) mass is 327 g/mol. The third kappa shape index (κ3) is 12.9. The molecule has 9 heteroatoms. The number of aliphatic hydroxyl groups excluding tert-OH is 1. The highest BCUT2D eigenvalue weighted by Gasteiger charge is 2.22. The Morgan fingerprint density at radius 1 is 1.24 bits per heavy atom. The van der Waals surface area contributed by atoms with Gasteiger partial charge in [0.15, 0.2) is 0 Å². The van der Waals surface area contributed by atoms with E-state index in [2.05, 4.69) is 16.0 Å². The number of phosphoric acid groups is 1. The van der Waals surface area contributed by atoms with Crippen LogP contribution in [0.4, 0.5) is 0 Å². The lowest BCUT2D eigenvalue weighted by Gasteiger charge is -2.15. The summed E-state index contributed by atoms with van der Waals surface area (Å²) in [6.45, 7) is 1.26. The number of phosphoric ester groups is 1. The van der Waals surface area contributed by atoms with Crippen LogP contribution in [0.2, 0.25) is 0 Å². The van der Waals surface area contributed by atoms with Crippen LogP contribution in [-0.4, -0.2) is 48.4 Å². The molecule has 0 rings (SSSR count). The molecule has 8 nitrogen and oxygen atoms in total. The van der Waals surface area contributed by atoms with Gasteiger partial charge in [-0.25, -0.2) is 4.57 Å². The first-order valence-corrected chi connectivity index (χ1v) is 8.56. The summed E-state index contributed by atoms with van der Waals surface area (Å²) in [5.74, 6) is -0.406. The third-order valence-corrected chi connectivity index (χ3v) is 3.46. The zero-order valence-electron chi connectivity index (χ0n) is 12.4. The van der Waals surface area contributed by atoms with Crippen molar-refractivity contribution in [1.82, 2.24) is 0 Å². The minimum atomic E-state index is -4.22. The van der Waals surface area contributed by atoms with Crippen molar-refractivity contribution < 1.29 is 33.1 Å². The van der Waals surface area contributed by atoms with Gasteiger partial charge in [0.1, 0.15) is 12.7 Å². The maximum Gasteiger partial charge on any atom is 0.472 e. The molecule has 0 bridgehead atoms. The first kappa shape index (κ1) is 20.5. The number of carbonyl (C=O) groups excluding carboxylic acids is 1. The SMILES string of the molecule is CCCCCCC(=O)OCC(O)COP(=O)(O)OCCN. The van der Waals surface area contributed by atoms with Crippen molar-refractivity contribution in [3.8, 4) is 0 Å². The van der Waals surface area contributed by atoms with Gasteiger partial charge in [0.2, 0.25) is 0 Å². The van der Waals surface area contributed by atoms with E-state index in [-0.39, 0.29) is 19.8 Å². The first-order chi connectivity index (χ1) is 9.91. The maximum absolute atomic E-state index is 11.3. The average Bonchev–Trinajstić information content (AvgIpc) is 2.45. The Morgan fingerprint density at radius 3 is 2.57 bits per heavy atom. The fourth-order valence-corrected chi connectivity index (χ4v) is 2.16. The van der Waals surface area contributed by atoms with E-state index in [4.69, 9.17) is 10.5 Å². The second-order valence-electron chi connectivity index (χ2n) is 4.53. The van der Waals surface area contributed by atoms with Gasteiger partial charge in [0.05, 0.1) is 13.2 Å². The minimum absolute atomic E-state index is 0.0755. The average molecular weight is 327 g/mol. The van der Waals surface area contributed by atoms with Crippen LogP contribution in [0.5, 0.6) is 0 Å². The number of hydrogen-bond donors (Lipinski definition) is 3. The van der Waals surface area contributed by atoms with Crippen molar-refractivity contribution in [2.45, 2.75) is 45.1 Å². The number of aliphatic hydroxyl groups is 1. The summed E-state index contributed by atoms with van der Waals surface area (Å²) in [6.07, 6.45) is 2.97. The van der Waals surface area contributed by atoms with Crippen LogP contribution in [0.15, 0.2) is 0 Å². The number of carbonyl (C=O) groups is 1. The molecule has 21 heavy (non-hydrogen) atoms. The molecule has 0 aromatic heterocycles. The largest absolute Gasteiger partial charge is 0.472 e. The number of unbranched alkanes of at least 4 members (excludes halogenated alkanes) is 3. The van der Waals surface area contributed by atoms with Gasteiger partial charge in [-0.1, -0.05) is 26.2 Å². The maximum atomic E-state index is 11.3. The summed E-state index contributed by atoms with van der Waals surface area (Å²) in [5.41, 5.74) is 5.11. The Kier molecular flexibility index (Phi) is 11.8. The van der Waals surface area contributed by atoms with Gasteiger partial charge in [-0.2, -0.15) is 0 Å². The summed E-state index contributed by atoms with van der Waals surface area (Å²) in [4.78, 5) is 20.5. The smallest absolute Gasteiger partial charge is 0.463 e. The van der Waals surface area contributed by atoms with Crippen molar-refractivity contribution in [3.63, 3.8) is 0 Å². The molecule has 0 aromatic carbocycles. The van der Waals surface area contributed by atoms with Crippen molar-refractivity contribution in [3.05, 3.63) is 0 Å². The molecule has 0 aliphatic rings. The van der Waals surface area contributed by atoms with E-state index in [1.165, 1.54) is 0 Å². The number of rotatable bonds is 13. The predicted molar refractivity (Wildman–Crippen MR) is 76.5 cm³/mol. The second-order valence-corrected chi connectivity index (χ2v) is 5.99. The van der Waals surface area contributed by atoms with Crippen LogP contribution in [0.1, 0.15) is 39.0 Å². The molecule has 2 atom stereocenters. The summed E-state index contributed by atoms with van der Waals surface area (Å²) in [6, 6.07) is 0. The van der Waals surface area contributed by atoms with Crippen LogP contribution in [0, 0.1) is 0 Å². The first-order valence-electron chi connectivity index (χ1n) is 7.07. The highest BCUT2D eigenvalue weighted by molar-refractivity contribution is 7.47. The Bertz CT molecular complexity index is 327.